The number of nitrogens with one attached hydrogen (secondary N) is 2. The van der Waals surface area contributed by atoms with Crippen molar-refractivity contribution in [3.05, 3.63) is 70.8 Å². The first-order valence-corrected chi connectivity index (χ1v) is 12.4. The Hall–Kier alpha value is -3.60. The number of likely N-dealkylation sites (N-methyl/N-ethyl adjacent to an activating group) is 1. The fourth-order valence-electron chi connectivity index (χ4n) is 4.46. The van der Waals surface area contributed by atoms with Gasteiger partial charge in [-0.3, -0.25) is 5.32 Å². The second kappa shape index (κ2) is 11.6. The number of aliphatic hydroxyl groups excluding tert-OH is 1. The molecule has 2 heterocycles. The molecule has 0 aliphatic carbocycles. The number of nitrogens with zero attached hydrogens (tertiary/aromatic N) is 5. The van der Waals surface area contributed by atoms with Gasteiger partial charge in [0, 0.05) is 18.5 Å². The molecule has 0 aliphatic heterocycles. The quantitative estimate of drug-likeness (QED) is 0.255. The number of carbonyl (C=O) groups excluding carboxylic acids is 1. The number of aromatic amines is 1. The molecule has 0 fully saturated rings. The molecule has 0 bridgehead atoms. The van der Waals surface area contributed by atoms with E-state index in [1.807, 2.05) is 53.1 Å². The third-order valence-electron chi connectivity index (χ3n) is 6.48. The molecule has 0 saturated carbocycles. The van der Waals surface area contributed by atoms with E-state index in [0.29, 0.717) is 24.5 Å². The summed E-state index contributed by atoms with van der Waals surface area (Å²) in [6.07, 6.45) is 2.56. The van der Waals surface area contributed by atoms with Crippen molar-refractivity contribution in [3.8, 4) is 22.5 Å². The van der Waals surface area contributed by atoms with Crippen LogP contribution < -0.4 is 5.32 Å². The third-order valence-corrected chi connectivity index (χ3v) is 6.74. The first-order chi connectivity index (χ1) is 18.0. The lowest BCUT2D eigenvalue weighted by Gasteiger charge is -2.30. The highest BCUT2D eigenvalue weighted by Gasteiger charge is 2.45. The zero-order valence-corrected chi connectivity index (χ0v) is 21.8. The average Bonchev–Trinajstić information content (AvgIpc) is 3.58. The van der Waals surface area contributed by atoms with Crippen LogP contribution in [-0.2, 0) is 28.0 Å². The molecule has 0 aliphatic rings. The molecule has 4 aromatic rings. The summed E-state index contributed by atoms with van der Waals surface area (Å²) in [4.78, 5) is 17.4. The summed E-state index contributed by atoms with van der Waals surface area (Å²) in [5.74, 6) is 0.620. The van der Waals surface area contributed by atoms with Crippen LogP contribution in [0.1, 0.15) is 36.8 Å². The van der Waals surface area contributed by atoms with Gasteiger partial charge in [-0.1, -0.05) is 73.5 Å². The third kappa shape index (κ3) is 5.13. The van der Waals surface area contributed by atoms with Crippen LogP contribution in [0, 0.1) is 0 Å². The standard InChI is InChI=1S/C26H30ClN7O3/c1-4-5-10-21-29-23(27)22(26(16-35,28-2)25(36)37-3)34(21)15-17-11-13-18(14-12-17)19-8-6-7-9-20(19)24-30-32-33-31-24/h6-9,11-14,28,35H,4-5,10,15-16H2,1-3H3,(H,30,31,32,33)/t26-/m0/s1. The molecule has 4 rings (SSSR count). The highest BCUT2D eigenvalue weighted by molar-refractivity contribution is 6.30. The van der Waals surface area contributed by atoms with Crippen molar-refractivity contribution < 1.29 is 14.6 Å². The van der Waals surface area contributed by atoms with Crippen molar-refractivity contribution in [2.24, 2.45) is 0 Å². The minimum atomic E-state index is -1.55. The van der Waals surface area contributed by atoms with E-state index in [2.05, 4.69) is 37.8 Å². The second-order valence-electron chi connectivity index (χ2n) is 8.64. The lowest BCUT2D eigenvalue weighted by Crippen LogP contribution is -2.52. The summed E-state index contributed by atoms with van der Waals surface area (Å²) >= 11 is 6.60. The van der Waals surface area contributed by atoms with E-state index in [9.17, 15) is 9.90 Å². The van der Waals surface area contributed by atoms with Crippen LogP contribution in [-0.4, -0.2) is 62.0 Å². The number of tetrazole rings is 1. The van der Waals surface area contributed by atoms with Gasteiger partial charge < -0.3 is 14.4 Å². The van der Waals surface area contributed by atoms with E-state index in [1.165, 1.54) is 7.11 Å². The number of halogens is 1. The Bertz CT molecular complexity index is 1330. The van der Waals surface area contributed by atoms with Crippen LogP contribution in [0.5, 0.6) is 0 Å². The molecule has 2 aromatic carbocycles. The molecule has 0 saturated heterocycles. The highest BCUT2D eigenvalue weighted by Crippen LogP contribution is 2.33. The molecule has 11 heteroatoms. The van der Waals surface area contributed by atoms with Gasteiger partial charge in [-0.15, -0.1) is 10.2 Å². The monoisotopic (exact) mass is 523 g/mol. The molecule has 37 heavy (non-hydrogen) atoms. The number of H-pyrrole nitrogens is 1. The number of hydrogen-bond acceptors (Lipinski definition) is 8. The fourth-order valence-corrected chi connectivity index (χ4v) is 4.82. The summed E-state index contributed by atoms with van der Waals surface area (Å²) in [6.45, 7) is 1.96. The molecule has 0 amide bonds. The molecular formula is C26H30ClN7O3. The summed E-state index contributed by atoms with van der Waals surface area (Å²) in [7, 11) is 2.87. The van der Waals surface area contributed by atoms with Gasteiger partial charge in [0.2, 0.25) is 5.82 Å². The number of ether oxygens (including phenoxy) is 1. The van der Waals surface area contributed by atoms with E-state index in [-0.39, 0.29) is 5.15 Å². The maximum atomic E-state index is 12.8. The van der Waals surface area contributed by atoms with Gasteiger partial charge in [-0.2, -0.15) is 5.21 Å². The van der Waals surface area contributed by atoms with Crippen LogP contribution in [0.3, 0.4) is 0 Å². The minimum absolute atomic E-state index is 0.158. The van der Waals surface area contributed by atoms with Gasteiger partial charge in [0.05, 0.1) is 19.4 Å². The normalized spacial score (nSPS) is 12.9. The first kappa shape index (κ1) is 26.5. The van der Waals surface area contributed by atoms with Crippen molar-refractivity contribution >= 4 is 17.6 Å². The SMILES string of the molecule is CCCCc1nc(Cl)c([C@](CO)(NC)C(=O)OC)n1Cc1ccc(-c2ccccc2-c2nn[nH]n2)cc1. The van der Waals surface area contributed by atoms with Gasteiger partial charge in [-0.25, -0.2) is 9.78 Å². The van der Waals surface area contributed by atoms with Gasteiger partial charge in [0.15, 0.2) is 10.7 Å². The maximum absolute atomic E-state index is 12.8. The van der Waals surface area contributed by atoms with Gasteiger partial charge in [0.25, 0.3) is 0 Å². The first-order valence-electron chi connectivity index (χ1n) is 12.0. The van der Waals surface area contributed by atoms with E-state index in [1.54, 1.807) is 7.05 Å². The maximum Gasteiger partial charge on any atom is 0.334 e. The van der Waals surface area contributed by atoms with E-state index in [4.69, 9.17) is 16.3 Å². The zero-order chi connectivity index (χ0) is 26.4. The predicted octanol–water partition coefficient (Wildman–Crippen LogP) is 3.35. The number of carbonyl (C=O) groups is 1. The minimum Gasteiger partial charge on any atom is -0.467 e. The zero-order valence-electron chi connectivity index (χ0n) is 21.0. The Morgan fingerprint density at radius 1 is 1.19 bits per heavy atom. The Labute approximate surface area is 220 Å². The van der Waals surface area contributed by atoms with Gasteiger partial charge >= 0.3 is 5.97 Å². The average molecular weight is 524 g/mol. The number of methoxy groups -OCH3 is 1. The number of aliphatic hydroxyl groups is 1. The van der Waals surface area contributed by atoms with Gasteiger partial charge in [0.1, 0.15) is 5.82 Å². The van der Waals surface area contributed by atoms with E-state index in [0.717, 1.165) is 40.9 Å². The molecule has 3 N–H and O–H groups in total. The van der Waals surface area contributed by atoms with Crippen LogP contribution in [0.2, 0.25) is 5.15 Å². The summed E-state index contributed by atoms with van der Waals surface area (Å²) in [6, 6.07) is 15.9. The molecular weight excluding hydrogens is 494 g/mol. The van der Waals surface area contributed by atoms with E-state index < -0.39 is 18.1 Å². The van der Waals surface area contributed by atoms with Crippen molar-refractivity contribution in [3.63, 3.8) is 0 Å². The van der Waals surface area contributed by atoms with Crippen LogP contribution in [0.25, 0.3) is 22.5 Å². The van der Waals surface area contributed by atoms with Crippen molar-refractivity contribution in [1.82, 2.24) is 35.5 Å². The largest absolute Gasteiger partial charge is 0.467 e. The lowest BCUT2D eigenvalue weighted by atomic mass is 9.96. The molecule has 194 valence electrons. The number of esters is 1. The number of hydrogen-bond donors (Lipinski definition) is 3. The van der Waals surface area contributed by atoms with Crippen molar-refractivity contribution in [2.75, 3.05) is 20.8 Å². The Balaban J connectivity index is 1.74. The predicted molar refractivity (Wildman–Crippen MR) is 140 cm³/mol. The number of aromatic nitrogens is 6. The number of benzene rings is 2. The number of unbranched alkanes of at least 4 members (excludes halogenated alkanes) is 1. The van der Waals surface area contributed by atoms with E-state index >= 15 is 0 Å². The number of aryl methyl sites for hydroxylation is 1. The fraction of sp³-hybridized carbons (Fsp3) is 0.346. The molecule has 0 spiro atoms. The smallest absolute Gasteiger partial charge is 0.334 e. The van der Waals surface area contributed by atoms with Crippen LogP contribution in [0.4, 0.5) is 0 Å². The summed E-state index contributed by atoms with van der Waals surface area (Å²) in [5.41, 5.74) is 2.64. The van der Waals surface area contributed by atoms with Gasteiger partial charge in [-0.05, 0) is 35.4 Å². The molecule has 0 radical (unpaired) electrons. The molecule has 10 nitrogen and oxygen atoms in total. The number of rotatable bonds is 11. The topological polar surface area (TPSA) is 131 Å². The molecule has 2 aromatic heterocycles. The second-order valence-corrected chi connectivity index (χ2v) is 9.00. The Kier molecular flexibility index (Phi) is 8.32. The molecule has 1 atom stereocenters. The summed E-state index contributed by atoms with van der Waals surface area (Å²) in [5, 5.41) is 27.8. The van der Waals surface area contributed by atoms with Crippen LogP contribution >= 0.6 is 11.6 Å². The number of imidazole rings is 1. The Morgan fingerprint density at radius 2 is 1.92 bits per heavy atom. The van der Waals surface area contributed by atoms with Crippen LogP contribution in [0.15, 0.2) is 48.5 Å². The lowest BCUT2D eigenvalue weighted by molar-refractivity contribution is -0.151. The summed E-state index contributed by atoms with van der Waals surface area (Å²) < 4.78 is 6.94. The Morgan fingerprint density at radius 3 is 2.51 bits per heavy atom. The molecule has 0 unspecified atom stereocenters. The highest BCUT2D eigenvalue weighted by atomic mass is 35.5. The van der Waals surface area contributed by atoms with Crippen molar-refractivity contribution in [2.45, 2.75) is 38.3 Å². The van der Waals surface area contributed by atoms with Crippen molar-refractivity contribution in [1.29, 1.82) is 0 Å².